The number of esters is 1. The first-order chi connectivity index (χ1) is 18.2. The number of rotatable bonds is 10. The van der Waals surface area contributed by atoms with Crippen LogP contribution < -0.4 is 20.7 Å². The van der Waals surface area contributed by atoms with Crippen molar-refractivity contribution < 1.29 is 38.4 Å². The van der Waals surface area contributed by atoms with Crippen LogP contribution in [0.1, 0.15) is 30.0 Å². The minimum atomic E-state index is -1.51. The molecule has 2 aliphatic rings. The highest BCUT2D eigenvalue weighted by atomic mass is 32.2. The first-order valence-corrected chi connectivity index (χ1v) is 13.2. The van der Waals surface area contributed by atoms with Crippen molar-refractivity contribution in [2.24, 2.45) is 5.16 Å². The van der Waals surface area contributed by atoms with Gasteiger partial charge in [0, 0.05) is 35.0 Å². The maximum absolute atomic E-state index is 13.0. The third-order valence-electron chi connectivity index (χ3n) is 5.46. The molecule has 2 amide bonds. The van der Waals surface area contributed by atoms with Crippen molar-refractivity contribution in [2.75, 3.05) is 24.7 Å². The predicted molar refractivity (Wildman–Crippen MR) is 132 cm³/mol. The number of nitrogens with one attached hydrogen (secondary N) is 1. The van der Waals surface area contributed by atoms with Crippen LogP contribution in [0.25, 0.3) is 0 Å². The van der Waals surface area contributed by atoms with Gasteiger partial charge < -0.3 is 30.5 Å². The number of anilines is 1. The van der Waals surface area contributed by atoms with Crippen LogP contribution in [0.5, 0.6) is 0 Å². The molecule has 0 saturated carbocycles. The number of carboxylic acid groups (broad SMARTS) is 1. The van der Waals surface area contributed by atoms with Crippen molar-refractivity contribution >= 4 is 57.9 Å². The summed E-state index contributed by atoms with van der Waals surface area (Å²) in [7, 11) is 0. The van der Waals surface area contributed by atoms with Crippen LogP contribution in [0.4, 0.5) is 5.13 Å². The van der Waals surface area contributed by atoms with Gasteiger partial charge in [0.2, 0.25) is 11.5 Å². The minimum Gasteiger partial charge on any atom is -0.543 e. The number of hydrogen-bond donors (Lipinski definition) is 2. The van der Waals surface area contributed by atoms with E-state index in [0.717, 1.165) is 16.4 Å². The quantitative estimate of drug-likeness (QED) is 0.112. The molecule has 4 rings (SSSR count). The number of aliphatic carboxylic acids is 1. The van der Waals surface area contributed by atoms with E-state index in [1.165, 1.54) is 11.8 Å². The van der Waals surface area contributed by atoms with Gasteiger partial charge in [-0.05, 0) is 13.8 Å². The van der Waals surface area contributed by atoms with Crippen molar-refractivity contribution in [1.82, 2.24) is 19.6 Å². The van der Waals surface area contributed by atoms with Gasteiger partial charge in [0.15, 0.2) is 24.1 Å². The summed E-state index contributed by atoms with van der Waals surface area (Å²) in [5, 5.41) is 17.8. The molecule has 3 N–H and O–H groups in total. The molecule has 16 heteroatoms. The van der Waals surface area contributed by atoms with Gasteiger partial charge in [-0.3, -0.25) is 14.5 Å². The van der Waals surface area contributed by atoms with Crippen LogP contribution in [0, 0.1) is 0 Å². The smallest absolute Gasteiger partial charge is 0.338 e. The van der Waals surface area contributed by atoms with Gasteiger partial charge in [0.25, 0.3) is 11.8 Å². The maximum Gasteiger partial charge on any atom is 0.338 e. The Bertz CT molecular complexity index is 1330. The number of amides is 2. The average Bonchev–Trinajstić information content (AvgIpc) is 3.33. The van der Waals surface area contributed by atoms with Gasteiger partial charge in [0.05, 0.1) is 23.8 Å². The molecule has 0 aliphatic carbocycles. The normalized spacial score (nSPS) is 18.9. The second-order valence-electron chi connectivity index (χ2n) is 7.89. The zero-order valence-electron chi connectivity index (χ0n) is 20.3. The fourth-order valence-corrected chi connectivity index (χ4v) is 5.55. The Morgan fingerprint density at radius 2 is 2.03 bits per heavy atom. The number of fused-ring (bicyclic) bond motifs is 1. The van der Waals surface area contributed by atoms with Gasteiger partial charge in [-0.25, -0.2) is 9.36 Å². The van der Waals surface area contributed by atoms with E-state index in [9.17, 15) is 24.3 Å². The van der Waals surface area contributed by atoms with Crippen LogP contribution >= 0.6 is 23.3 Å². The molecule has 0 spiro atoms. The molecule has 1 fully saturated rings. The van der Waals surface area contributed by atoms with Crippen molar-refractivity contribution in [3.05, 3.63) is 47.2 Å². The largest absolute Gasteiger partial charge is 0.543 e. The highest BCUT2D eigenvalue weighted by Crippen LogP contribution is 2.40. The third kappa shape index (κ3) is 5.45. The first kappa shape index (κ1) is 27.0. The van der Waals surface area contributed by atoms with Gasteiger partial charge in [0.1, 0.15) is 18.0 Å². The average molecular weight is 562 g/mol. The second kappa shape index (κ2) is 11.6. The van der Waals surface area contributed by atoms with Crippen molar-refractivity contribution in [2.45, 2.75) is 31.8 Å². The van der Waals surface area contributed by atoms with E-state index < -0.39 is 35.2 Å². The Morgan fingerprint density at radius 3 is 2.63 bits per heavy atom. The number of hydrogen-bond acceptors (Lipinski definition) is 13. The summed E-state index contributed by atoms with van der Waals surface area (Å²) in [5.74, 6) is -3.14. The van der Waals surface area contributed by atoms with E-state index in [2.05, 4.69) is 19.8 Å². The molecule has 2 aromatic rings. The highest BCUT2D eigenvalue weighted by Gasteiger charge is 2.53. The van der Waals surface area contributed by atoms with Gasteiger partial charge in [-0.1, -0.05) is 5.16 Å². The van der Waals surface area contributed by atoms with Crippen LogP contribution in [0.3, 0.4) is 0 Å². The summed E-state index contributed by atoms with van der Waals surface area (Å²) >= 11 is 2.16. The molecule has 38 heavy (non-hydrogen) atoms. The molecule has 4 heterocycles. The van der Waals surface area contributed by atoms with E-state index in [0.29, 0.717) is 11.1 Å². The number of nitrogen functional groups attached to an aromatic ring is 1. The Morgan fingerprint density at radius 1 is 1.29 bits per heavy atom. The molecule has 1 saturated heterocycles. The van der Waals surface area contributed by atoms with Crippen LogP contribution in [-0.2, 0) is 30.5 Å². The number of nitrogens with two attached hydrogens (primary N) is 1. The molecule has 2 aromatic heterocycles. The second-order valence-corrected chi connectivity index (χ2v) is 9.78. The monoisotopic (exact) mass is 561 g/mol. The van der Waals surface area contributed by atoms with Crippen molar-refractivity contribution in [3.63, 3.8) is 0 Å². The topological polar surface area (TPSA) is 193 Å². The lowest BCUT2D eigenvalue weighted by atomic mass is 10.0. The number of carbonyl (C=O) groups is 4. The number of β-lactam (4-membered cyclic amide) rings is 1. The van der Waals surface area contributed by atoms with E-state index in [4.69, 9.17) is 15.3 Å². The third-order valence-corrected chi connectivity index (χ3v) is 7.34. The Hall–Kier alpha value is -4.05. The van der Waals surface area contributed by atoms with Gasteiger partial charge >= 0.3 is 5.97 Å². The van der Waals surface area contributed by atoms with Crippen LogP contribution in [0.2, 0.25) is 0 Å². The number of aromatic nitrogens is 3. The fraction of sp³-hybridized carbons (Fsp3) is 0.364. The SMILES string of the molecule is CCON=C(C(=O)NC1C(=O)N2C(C(=O)[O-])=C(C[n+]3ccc(C(=O)OCC)cc3)CS[C@H]12)c1nsc(N)n1. The minimum absolute atomic E-state index is 0.0537. The first-order valence-electron chi connectivity index (χ1n) is 11.4. The number of pyridine rings is 1. The lowest BCUT2D eigenvalue weighted by Gasteiger charge is -2.50. The molecule has 2 atom stereocenters. The zero-order chi connectivity index (χ0) is 27.4. The zero-order valence-corrected chi connectivity index (χ0v) is 21.9. The van der Waals surface area contributed by atoms with E-state index in [1.54, 1.807) is 42.9 Å². The predicted octanol–water partition coefficient (Wildman–Crippen LogP) is -1.57. The number of ether oxygens (including phenoxy) is 1. The molecule has 0 radical (unpaired) electrons. The van der Waals surface area contributed by atoms with Crippen LogP contribution in [-0.4, -0.2) is 74.1 Å². The summed E-state index contributed by atoms with van der Waals surface area (Å²) in [6.07, 6.45) is 3.23. The maximum atomic E-state index is 13.0. The molecule has 2 aliphatic heterocycles. The van der Waals surface area contributed by atoms with E-state index in [1.807, 2.05) is 0 Å². The molecule has 0 bridgehead atoms. The van der Waals surface area contributed by atoms with Crippen molar-refractivity contribution in [3.8, 4) is 0 Å². The van der Waals surface area contributed by atoms with Gasteiger partial charge in [-0.2, -0.15) is 9.36 Å². The molecular weight excluding hydrogens is 538 g/mol. The Kier molecular flexibility index (Phi) is 8.21. The Labute approximate surface area is 224 Å². The van der Waals surface area contributed by atoms with Gasteiger partial charge in [-0.15, -0.1) is 11.8 Å². The number of thioether (sulfide) groups is 1. The molecule has 200 valence electrons. The molecule has 0 aromatic carbocycles. The lowest BCUT2D eigenvalue weighted by Crippen LogP contribution is -2.71. The highest BCUT2D eigenvalue weighted by molar-refractivity contribution is 8.00. The summed E-state index contributed by atoms with van der Waals surface area (Å²) in [5.41, 5.74) is 5.90. The number of oxime groups is 1. The summed E-state index contributed by atoms with van der Waals surface area (Å²) in [4.78, 5) is 59.9. The molecular formula is C22H23N7O7S2. The van der Waals surface area contributed by atoms with E-state index >= 15 is 0 Å². The number of nitrogens with zero attached hydrogens (tertiary/aromatic N) is 5. The fourth-order valence-electron chi connectivity index (χ4n) is 3.78. The van der Waals surface area contributed by atoms with Crippen LogP contribution in [0.15, 0.2) is 41.0 Å². The Balaban J connectivity index is 1.50. The van der Waals surface area contributed by atoms with Crippen molar-refractivity contribution in [1.29, 1.82) is 0 Å². The lowest BCUT2D eigenvalue weighted by molar-refractivity contribution is -0.689. The van der Waals surface area contributed by atoms with E-state index in [-0.39, 0.29) is 47.9 Å². The standard InChI is InChI=1S/C22H23N7O7S2/c1-3-35-21(34)11-5-7-28(8-6-11)9-12-10-37-19-14(18(31)29(19)15(12)20(32)33)24-17(30)13(26-36-4-2)16-25-22(23)38-27-16/h5-8,14,19H,3-4,9-10H2,1-2H3,(H3-,23,24,25,27,30,32,33)/t14?,19-/m1/s1. The molecule has 1 unspecified atom stereocenters. The summed E-state index contributed by atoms with van der Waals surface area (Å²) in [6, 6.07) is 2.10. The summed E-state index contributed by atoms with van der Waals surface area (Å²) < 4.78 is 10.6. The molecule has 14 nitrogen and oxygen atoms in total. The number of carbonyl (C=O) groups excluding carboxylic acids is 4. The summed E-state index contributed by atoms with van der Waals surface area (Å²) in [6.45, 7) is 3.95. The number of carboxylic acids is 1.